The van der Waals surface area contributed by atoms with Crippen molar-refractivity contribution in [1.82, 2.24) is 9.88 Å². The van der Waals surface area contributed by atoms with Gasteiger partial charge in [0.2, 0.25) is 0 Å². The first-order valence-electron chi connectivity index (χ1n) is 6.12. The minimum atomic E-state index is -0.173. The Bertz CT molecular complexity index is 514. The molecule has 0 amide bonds. The smallest absolute Gasteiger partial charge is 0.125 e. The van der Waals surface area contributed by atoms with Gasteiger partial charge in [0.25, 0.3) is 0 Å². The highest BCUT2D eigenvalue weighted by atomic mass is 19.1. The Morgan fingerprint density at radius 3 is 2.76 bits per heavy atom. The van der Waals surface area contributed by atoms with Crippen molar-refractivity contribution in [3.63, 3.8) is 0 Å². The van der Waals surface area contributed by atoms with Crippen LogP contribution in [0.3, 0.4) is 0 Å². The quantitative estimate of drug-likeness (QED) is 0.859. The van der Waals surface area contributed by atoms with Crippen LogP contribution in [-0.4, -0.2) is 10.6 Å². The molecule has 92 valence electrons. The number of fused-ring (bicyclic) bond motifs is 1. The summed E-state index contributed by atoms with van der Waals surface area (Å²) in [7, 11) is 0. The van der Waals surface area contributed by atoms with Crippen LogP contribution in [0.4, 0.5) is 4.39 Å². The number of benzene rings is 1. The predicted molar refractivity (Wildman–Crippen MR) is 69.5 cm³/mol. The number of hydrogen-bond donors (Lipinski definition) is 1. The van der Waals surface area contributed by atoms with Crippen LogP contribution in [0.1, 0.15) is 26.3 Å². The maximum atomic E-state index is 13.2. The summed E-state index contributed by atoms with van der Waals surface area (Å²) in [6.45, 7) is 8.01. The lowest BCUT2D eigenvalue weighted by atomic mass is 10.1. The van der Waals surface area contributed by atoms with E-state index in [1.54, 1.807) is 6.07 Å². The molecule has 2 nitrogen and oxygen atoms in total. The molecule has 0 fully saturated rings. The summed E-state index contributed by atoms with van der Waals surface area (Å²) in [5.74, 6) is -0.173. The topological polar surface area (TPSA) is 17.0 Å². The summed E-state index contributed by atoms with van der Waals surface area (Å²) in [5, 5.41) is 4.54. The molecule has 0 aliphatic heterocycles. The summed E-state index contributed by atoms with van der Waals surface area (Å²) >= 11 is 0. The largest absolute Gasteiger partial charge is 0.347 e. The van der Waals surface area contributed by atoms with Crippen LogP contribution in [0.25, 0.3) is 10.9 Å². The van der Waals surface area contributed by atoms with Gasteiger partial charge in [0.1, 0.15) is 5.82 Å². The molecule has 0 atom stereocenters. The van der Waals surface area contributed by atoms with Crippen LogP contribution in [0.2, 0.25) is 0 Å². The number of halogens is 1. The van der Waals surface area contributed by atoms with Gasteiger partial charge in [0, 0.05) is 30.7 Å². The summed E-state index contributed by atoms with van der Waals surface area (Å²) in [6.07, 6.45) is 2.11. The van der Waals surface area contributed by atoms with Crippen molar-refractivity contribution in [2.75, 3.05) is 0 Å². The van der Waals surface area contributed by atoms with E-state index in [0.29, 0.717) is 6.04 Å². The Morgan fingerprint density at radius 2 is 2.12 bits per heavy atom. The monoisotopic (exact) mass is 234 g/mol. The molecule has 1 aromatic heterocycles. The summed E-state index contributed by atoms with van der Waals surface area (Å²) in [5.41, 5.74) is 2.21. The molecule has 0 aliphatic carbocycles. The second-order valence-electron chi connectivity index (χ2n) is 4.64. The van der Waals surface area contributed by atoms with Crippen molar-refractivity contribution in [2.24, 2.45) is 0 Å². The fraction of sp³-hybridized carbons (Fsp3) is 0.429. The molecular weight excluding hydrogens is 215 g/mol. The molecule has 1 heterocycles. The van der Waals surface area contributed by atoms with Crippen molar-refractivity contribution >= 4 is 10.9 Å². The van der Waals surface area contributed by atoms with Gasteiger partial charge in [-0.25, -0.2) is 4.39 Å². The highest BCUT2D eigenvalue weighted by Crippen LogP contribution is 2.22. The number of nitrogens with zero attached hydrogens (tertiary/aromatic N) is 1. The third-order valence-corrected chi connectivity index (χ3v) is 2.97. The van der Waals surface area contributed by atoms with Crippen molar-refractivity contribution in [3.05, 3.63) is 35.8 Å². The SMILES string of the molecule is CCn1cc(CNC(C)C)c2ccc(F)cc21. The lowest BCUT2D eigenvalue weighted by Crippen LogP contribution is -2.21. The highest BCUT2D eigenvalue weighted by Gasteiger charge is 2.08. The van der Waals surface area contributed by atoms with Crippen LogP contribution < -0.4 is 5.32 Å². The van der Waals surface area contributed by atoms with Crippen LogP contribution in [-0.2, 0) is 13.1 Å². The zero-order valence-electron chi connectivity index (χ0n) is 10.6. The highest BCUT2D eigenvalue weighted by molar-refractivity contribution is 5.84. The van der Waals surface area contributed by atoms with Gasteiger partial charge in [0.15, 0.2) is 0 Å². The molecule has 0 unspecified atom stereocenters. The number of nitrogens with one attached hydrogen (secondary N) is 1. The van der Waals surface area contributed by atoms with Gasteiger partial charge in [-0.05, 0) is 30.7 Å². The summed E-state index contributed by atoms with van der Waals surface area (Å²) < 4.78 is 15.3. The molecule has 17 heavy (non-hydrogen) atoms. The van der Waals surface area contributed by atoms with E-state index >= 15 is 0 Å². The molecule has 2 aromatic rings. The fourth-order valence-electron chi connectivity index (χ4n) is 2.06. The van der Waals surface area contributed by atoms with Gasteiger partial charge in [-0.1, -0.05) is 13.8 Å². The molecule has 1 N–H and O–H groups in total. The molecule has 1 aromatic carbocycles. The van der Waals surface area contributed by atoms with Crippen molar-refractivity contribution < 1.29 is 4.39 Å². The van der Waals surface area contributed by atoms with E-state index in [1.807, 2.05) is 6.07 Å². The van der Waals surface area contributed by atoms with E-state index in [4.69, 9.17) is 0 Å². The van der Waals surface area contributed by atoms with Crippen molar-refractivity contribution in [1.29, 1.82) is 0 Å². The fourth-order valence-corrected chi connectivity index (χ4v) is 2.06. The predicted octanol–water partition coefficient (Wildman–Crippen LogP) is 3.30. The molecule has 0 spiro atoms. The summed E-state index contributed by atoms with van der Waals surface area (Å²) in [6, 6.07) is 5.46. The molecule has 0 saturated carbocycles. The van der Waals surface area contributed by atoms with E-state index in [1.165, 1.54) is 11.6 Å². The summed E-state index contributed by atoms with van der Waals surface area (Å²) in [4.78, 5) is 0. The Labute approximate surface area is 101 Å². The molecular formula is C14H19FN2. The van der Waals surface area contributed by atoms with Gasteiger partial charge in [0.05, 0.1) is 5.52 Å². The Hall–Kier alpha value is -1.35. The first-order chi connectivity index (χ1) is 8.11. The van der Waals surface area contributed by atoms with Crippen LogP contribution >= 0.6 is 0 Å². The standard InChI is InChI=1S/C14H19FN2/c1-4-17-9-11(8-16-10(2)3)13-6-5-12(15)7-14(13)17/h5-7,9-10,16H,4,8H2,1-3H3. The lowest BCUT2D eigenvalue weighted by Gasteiger charge is -2.06. The third kappa shape index (κ3) is 2.50. The first-order valence-corrected chi connectivity index (χ1v) is 6.12. The van der Waals surface area contributed by atoms with E-state index in [0.717, 1.165) is 24.0 Å². The number of hydrogen-bond acceptors (Lipinski definition) is 1. The van der Waals surface area contributed by atoms with Gasteiger partial charge >= 0.3 is 0 Å². The zero-order chi connectivity index (χ0) is 12.4. The van der Waals surface area contributed by atoms with E-state index in [-0.39, 0.29) is 5.82 Å². The maximum absolute atomic E-state index is 13.2. The minimum absolute atomic E-state index is 0.173. The number of rotatable bonds is 4. The molecule has 0 aliphatic rings. The first kappa shape index (κ1) is 12.1. The third-order valence-electron chi connectivity index (χ3n) is 2.97. The normalized spacial score (nSPS) is 11.6. The van der Waals surface area contributed by atoms with Gasteiger partial charge in [-0.15, -0.1) is 0 Å². The van der Waals surface area contributed by atoms with E-state index < -0.39 is 0 Å². The van der Waals surface area contributed by atoms with E-state index in [9.17, 15) is 4.39 Å². The Balaban J connectivity index is 2.42. The zero-order valence-corrected chi connectivity index (χ0v) is 10.6. The van der Waals surface area contributed by atoms with Gasteiger partial charge in [-0.3, -0.25) is 0 Å². The Morgan fingerprint density at radius 1 is 1.35 bits per heavy atom. The second kappa shape index (κ2) is 4.88. The molecule has 0 saturated heterocycles. The van der Waals surface area contributed by atoms with Crippen LogP contribution in [0.15, 0.2) is 24.4 Å². The van der Waals surface area contributed by atoms with Crippen LogP contribution in [0, 0.1) is 5.82 Å². The van der Waals surface area contributed by atoms with Gasteiger partial charge < -0.3 is 9.88 Å². The maximum Gasteiger partial charge on any atom is 0.125 e. The van der Waals surface area contributed by atoms with Crippen LogP contribution in [0.5, 0.6) is 0 Å². The minimum Gasteiger partial charge on any atom is -0.347 e. The number of aromatic nitrogens is 1. The molecule has 0 radical (unpaired) electrons. The molecule has 0 bridgehead atoms. The molecule has 2 rings (SSSR count). The van der Waals surface area contributed by atoms with E-state index in [2.05, 4.69) is 36.9 Å². The molecule has 3 heteroatoms. The van der Waals surface area contributed by atoms with Gasteiger partial charge in [-0.2, -0.15) is 0 Å². The average Bonchev–Trinajstić information content (AvgIpc) is 2.63. The lowest BCUT2D eigenvalue weighted by molar-refractivity contribution is 0.589. The average molecular weight is 234 g/mol. The van der Waals surface area contributed by atoms with Crippen molar-refractivity contribution in [2.45, 2.75) is 39.9 Å². The van der Waals surface area contributed by atoms with Crippen molar-refractivity contribution in [3.8, 4) is 0 Å². The number of aryl methyl sites for hydroxylation is 1. The second-order valence-corrected chi connectivity index (χ2v) is 4.64. The Kier molecular flexibility index (Phi) is 3.48.